The highest BCUT2D eigenvalue weighted by molar-refractivity contribution is 5.83. The molecule has 150 valence electrons. The summed E-state index contributed by atoms with van der Waals surface area (Å²) in [4.78, 5) is 10.6. The maximum absolute atomic E-state index is 5.84. The fourth-order valence-corrected chi connectivity index (χ4v) is 3.64. The number of hydrogen-bond acceptors (Lipinski definition) is 4. The molecule has 0 bridgehead atoms. The van der Waals surface area contributed by atoms with E-state index in [4.69, 9.17) is 15.1 Å². The minimum atomic E-state index is 0.653. The van der Waals surface area contributed by atoms with E-state index in [1.165, 1.54) is 24.9 Å². The summed E-state index contributed by atoms with van der Waals surface area (Å²) < 4.78 is 5.47. The van der Waals surface area contributed by atoms with E-state index in [-0.39, 0.29) is 0 Å². The number of unbranched alkanes of at least 4 members (excludes halogenated alkanes) is 2. The van der Waals surface area contributed by atoms with E-state index < -0.39 is 0 Å². The van der Waals surface area contributed by atoms with Gasteiger partial charge in [-0.1, -0.05) is 44.0 Å². The lowest BCUT2D eigenvalue weighted by molar-refractivity contribution is 0.582. The van der Waals surface area contributed by atoms with Crippen LogP contribution in [0.2, 0.25) is 0 Å². The van der Waals surface area contributed by atoms with Crippen LogP contribution in [0.15, 0.2) is 65.3 Å². The summed E-state index contributed by atoms with van der Waals surface area (Å²) in [5.74, 6) is 1.74. The third-order valence-electron chi connectivity index (χ3n) is 5.23. The molecular weight excluding hydrogens is 360 g/mol. The Bertz CT molecular complexity index is 1030. The first-order valence-electron chi connectivity index (χ1n) is 10.4. The Hall–Kier alpha value is -3.05. The monoisotopic (exact) mass is 388 g/mol. The van der Waals surface area contributed by atoms with Gasteiger partial charge in [-0.2, -0.15) is 0 Å². The SMILES string of the molecule is CCCCCN(CCN)c1ccc2nc(-c3ccc(-c4ccco4)cc3)[nH]c2c1. The van der Waals surface area contributed by atoms with Gasteiger partial charge in [0.15, 0.2) is 0 Å². The molecular formula is C24H28N4O. The van der Waals surface area contributed by atoms with Gasteiger partial charge in [-0.3, -0.25) is 0 Å². The second-order valence-electron chi connectivity index (χ2n) is 7.32. The Morgan fingerprint density at radius 1 is 1.00 bits per heavy atom. The predicted molar refractivity (Wildman–Crippen MR) is 120 cm³/mol. The van der Waals surface area contributed by atoms with Crippen molar-refractivity contribution in [3.05, 3.63) is 60.9 Å². The summed E-state index contributed by atoms with van der Waals surface area (Å²) in [5, 5.41) is 0. The molecule has 0 unspecified atom stereocenters. The van der Waals surface area contributed by atoms with Crippen LogP contribution < -0.4 is 10.6 Å². The lowest BCUT2D eigenvalue weighted by atomic mass is 10.1. The third kappa shape index (κ3) is 4.35. The van der Waals surface area contributed by atoms with Crippen LogP contribution in [0, 0.1) is 0 Å². The van der Waals surface area contributed by atoms with Crippen molar-refractivity contribution in [2.45, 2.75) is 26.2 Å². The van der Waals surface area contributed by atoms with E-state index in [2.05, 4.69) is 59.3 Å². The number of nitrogens with one attached hydrogen (secondary N) is 1. The lowest BCUT2D eigenvalue weighted by Crippen LogP contribution is -2.30. The average Bonchev–Trinajstić information content (AvgIpc) is 3.43. The number of furan rings is 1. The predicted octanol–water partition coefficient (Wildman–Crippen LogP) is 5.45. The van der Waals surface area contributed by atoms with Crippen molar-refractivity contribution in [3.8, 4) is 22.7 Å². The summed E-state index contributed by atoms with van der Waals surface area (Å²) in [6, 6.07) is 18.5. The minimum Gasteiger partial charge on any atom is -0.464 e. The van der Waals surface area contributed by atoms with Crippen molar-refractivity contribution in [1.82, 2.24) is 9.97 Å². The highest BCUT2D eigenvalue weighted by atomic mass is 16.3. The number of aromatic amines is 1. The van der Waals surface area contributed by atoms with Crippen molar-refractivity contribution in [3.63, 3.8) is 0 Å². The summed E-state index contributed by atoms with van der Waals surface area (Å²) in [6.07, 6.45) is 5.34. The number of benzene rings is 2. The first kappa shape index (κ1) is 19.3. The molecule has 0 spiro atoms. The molecule has 0 radical (unpaired) electrons. The Kier molecular flexibility index (Phi) is 5.96. The standard InChI is InChI=1S/C24H28N4O/c1-2-3-4-14-28(15-13-25)20-11-12-21-22(17-20)27-24(26-21)19-9-7-18(8-10-19)23-6-5-16-29-23/h5-12,16-17H,2-4,13-15,25H2,1H3,(H,26,27). The number of rotatable bonds is 9. The second kappa shape index (κ2) is 8.97. The Morgan fingerprint density at radius 3 is 2.55 bits per heavy atom. The van der Waals surface area contributed by atoms with Gasteiger partial charge in [0, 0.05) is 36.4 Å². The van der Waals surface area contributed by atoms with Gasteiger partial charge in [0.1, 0.15) is 11.6 Å². The molecule has 2 aromatic carbocycles. The molecule has 0 saturated carbocycles. The van der Waals surface area contributed by atoms with E-state index in [0.29, 0.717) is 6.54 Å². The molecule has 29 heavy (non-hydrogen) atoms. The van der Waals surface area contributed by atoms with E-state index in [1.54, 1.807) is 6.26 Å². The van der Waals surface area contributed by atoms with Crippen LogP contribution in [0.25, 0.3) is 33.7 Å². The van der Waals surface area contributed by atoms with E-state index >= 15 is 0 Å². The molecule has 4 rings (SSSR count). The van der Waals surface area contributed by atoms with Crippen LogP contribution in [-0.2, 0) is 0 Å². The average molecular weight is 389 g/mol. The summed E-state index contributed by atoms with van der Waals surface area (Å²) in [6.45, 7) is 4.78. The zero-order chi connectivity index (χ0) is 20.1. The molecule has 5 heteroatoms. The van der Waals surface area contributed by atoms with Gasteiger partial charge < -0.3 is 20.0 Å². The smallest absolute Gasteiger partial charge is 0.138 e. The molecule has 0 atom stereocenters. The van der Waals surface area contributed by atoms with Crippen molar-refractivity contribution in [1.29, 1.82) is 0 Å². The van der Waals surface area contributed by atoms with Gasteiger partial charge >= 0.3 is 0 Å². The number of fused-ring (bicyclic) bond motifs is 1. The largest absolute Gasteiger partial charge is 0.464 e. The van der Waals surface area contributed by atoms with Gasteiger partial charge in [0.25, 0.3) is 0 Å². The quantitative estimate of drug-likeness (QED) is 0.374. The zero-order valence-electron chi connectivity index (χ0n) is 16.9. The minimum absolute atomic E-state index is 0.653. The lowest BCUT2D eigenvalue weighted by Gasteiger charge is -2.24. The highest BCUT2D eigenvalue weighted by Crippen LogP contribution is 2.27. The first-order valence-corrected chi connectivity index (χ1v) is 10.4. The van der Waals surface area contributed by atoms with E-state index in [9.17, 15) is 0 Å². The summed E-state index contributed by atoms with van der Waals surface area (Å²) in [5.41, 5.74) is 11.2. The van der Waals surface area contributed by atoms with Gasteiger partial charge in [-0.25, -0.2) is 4.98 Å². The van der Waals surface area contributed by atoms with Gasteiger partial charge in [0.2, 0.25) is 0 Å². The number of imidazole rings is 1. The normalized spacial score (nSPS) is 11.2. The topological polar surface area (TPSA) is 71.1 Å². The van der Waals surface area contributed by atoms with Crippen LogP contribution in [0.3, 0.4) is 0 Å². The third-order valence-corrected chi connectivity index (χ3v) is 5.23. The molecule has 2 aromatic heterocycles. The molecule has 4 aromatic rings. The molecule has 0 aliphatic carbocycles. The van der Waals surface area contributed by atoms with Gasteiger partial charge in [-0.15, -0.1) is 0 Å². The maximum atomic E-state index is 5.84. The molecule has 2 heterocycles. The Balaban J connectivity index is 1.57. The van der Waals surface area contributed by atoms with Crippen LogP contribution >= 0.6 is 0 Å². The van der Waals surface area contributed by atoms with Crippen LogP contribution in [-0.4, -0.2) is 29.6 Å². The second-order valence-corrected chi connectivity index (χ2v) is 7.32. The first-order chi connectivity index (χ1) is 14.3. The molecule has 5 nitrogen and oxygen atoms in total. The van der Waals surface area contributed by atoms with Crippen molar-refractivity contribution in [2.24, 2.45) is 5.73 Å². The summed E-state index contributed by atoms with van der Waals surface area (Å²) >= 11 is 0. The number of aromatic nitrogens is 2. The van der Waals surface area contributed by atoms with Crippen LogP contribution in [0.4, 0.5) is 5.69 Å². The molecule has 0 fully saturated rings. The van der Waals surface area contributed by atoms with Gasteiger partial charge in [-0.05, 0) is 36.8 Å². The summed E-state index contributed by atoms with van der Waals surface area (Å²) in [7, 11) is 0. The number of anilines is 1. The molecule has 0 saturated heterocycles. The Morgan fingerprint density at radius 2 is 1.83 bits per heavy atom. The fraction of sp³-hybridized carbons (Fsp3) is 0.292. The molecule has 0 amide bonds. The van der Waals surface area contributed by atoms with Crippen LogP contribution in [0.5, 0.6) is 0 Å². The van der Waals surface area contributed by atoms with Crippen molar-refractivity contribution >= 4 is 16.7 Å². The molecule has 3 N–H and O–H groups in total. The number of nitrogens with two attached hydrogens (primary N) is 1. The van der Waals surface area contributed by atoms with E-state index in [0.717, 1.165) is 46.8 Å². The highest BCUT2D eigenvalue weighted by Gasteiger charge is 2.10. The fourth-order valence-electron chi connectivity index (χ4n) is 3.64. The number of nitrogens with zero attached hydrogens (tertiary/aromatic N) is 2. The zero-order valence-corrected chi connectivity index (χ0v) is 16.9. The molecule has 0 aliphatic rings. The molecule has 0 aliphatic heterocycles. The Labute approximate surface area is 171 Å². The maximum Gasteiger partial charge on any atom is 0.138 e. The van der Waals surface area contributed by atoms with Gasteiger partial charge in [0.05, 0.1) is 17.3 Å². The number of H-pyrrole nitrogens is 1. The number of hydrogen-bond donors (Lipinski definition) is 2. The van der Waals surface area contributed by atoms with Crippen molar-refractivity contribution < 1.29 is 4.42 Å². The van der Waals surface area contributed by atoms with Crippen LogP contribution in [0.1, 0.15) is 26.2 Å². The van der Waals surface area contributed by atoms with Crippen molar-refractivity contribution in [2.75, 3.05) is 24.5 Å². The van der Waals surface area contributed by atoms with E-state index in [1.807, 2.05) is 12.1 Å².